The maximum Gasteiger partial charge on any atom is 0.262 e. The van der Waals surface area contributed by atoms with Crippen LogP contribution in [0.15, 0.2) is 42.5 Å². The largest absolute Gasteiger partial charge is 0.484 e. The smallest absolute Gasteiger partial charge is 0.262 e. The number of ether oxygens (including phenoxy) is 1. The van der Waals surface area contributed by atoms with Crippen LogP contribution < -0.4 is 15.4 Å². The van der Waals surface area contributed by atoms with Gasteiger partial charge < -0.3 is 15.4 Å². The molecular weight excluding hydrogens is 376 g/mol. The molecule has 0 radical (unpaired) electrons. The van der Waals surface area contributed by atoms with Gasteiger partial charge >= 0.3 is 0 Å². The lowest BCUT2D eigenvalue weighted by Gasteiger charge is -2.20. The Balaban J connectivity index is 1.52. The average Bonchev–Trinajstić information content (AvgIpc) is 2.70. The molecule has 0 heterocycles. The first-order valence-electron chi connectivity index (χ1n) is 9.61. The van der Waals surface area contributed by atoms with Crippen molar-refractivity contribution in [3.8, 4) is 5.75 Å². The van der Waals surface area contributed by atoms with Gasteiger partial charge in [-0.25, -0.2) is 0 Å². The van der Waals surface area contributed by atoms with Gasteiger partial charge in [0.15, 0.2) is 6.61 Å². The molecule has 0 aromatic heterocycles. The number of carbonyl (C=O) groups excluding carboxylic acids is 2. The van der Waals surface area contributed by atoms with Gasteiger partial charge in [0.05, 0.1) is 0 Å². The highest BCUT2D eigenvalue weighted by molar-refractivity contribution is 6.31. The SMILES string of the molecule is Cc1cc(OCC(=O)Nc2cccc(NC(=O)C3CCCCC3)c2)ccc1Cl. The van der Waals surface area contributed by atoms with E-state index in [4.69, 9.17) is 16.3 Å². The number of hydrogen-bond donors (Lipinski definition) is 2. The molecule has 0 spiro atoms. The zero-order chi connectivity index (χ0) is 19.9. The molecule has 0 unspecified atom stereocenters. The van der Waals surface area contributed by atoms with E-state index < -0.39 is 0 Å². The molecule has 0 saturated heterocycles. The van der Waals surface area contributed by atoms with Crippen LogP contribution in [-0.4, -0.2) is 18.4 Å². The minimum absolute atomic E-state index is 0.0598. The molecule has 6 heteroatoms. The maximum atomic E-state index is 12.4. The Kier molecular flexibility index (Phi) is 6.93. The number of benzene rings is 2. The third-order valence-electron chi connectivity index (χ3n) is 4.89. The Hall–Kier alpha value is -2.53. The first-order valence-corrected chi connectivity index (χ1v) is 9.99. The Morgan fingerprint density at radius 3 is 2.46 bits per heavy atom. The topological polar surface area (TPSA) is 67.4 Å². The second kappa shape index (κ2) is 9.60. The van der Waals surface area contributed by atoms with E-state index in [0.717, 1.165) is 31.2 Å². The molecule has 2 aromatic carbocycles. The summed E-state index contributed by atoms with van der Waals surface area (Å²) >= 11 is 5.99. The quantitative estimate of drug-likeness (QED) is 0.701. The van der Waals surface area contributed by atoms with E-state index in [9.17, 15) is 9.59 Å². The van der Waals surface area contributed by atoms with Crippen LogP contribution in [0.4, 0.5) is 11.4 Å². The highest BCUT2D eigenvalue weighted by Gasteiger charge is 2.21. The summed E-state index contributed by atoms with van der Waals surface area (Å²) < 4.78 is 5.51. The molecule has 1 fully saturated rings. The van der Waals surface area contributed by atoms with Gasteiger partial charge in [0, 0.05) is 22.3 Å². The van der Waals surface area contributed by atoms with E-state index in [1.807, 2.05) is 13.0 Å². The number of anilines is 2. The molecule has 1 aliphatic carbocycles. The average molecular weight is 401 g/mol. The van der Waals surface area contributed by atoms with Crippen molar-refractivity contribution in [1.29, 1.82) is 0 Å². The summed E-state index contributed by atoms with van der Waals surface area (Å²) in [7, 11) is 0. The second-order valence-electron chi connectivity index (χ2n) is 7.15. The van der Waals surface area contributed by atoms with Gasteiger partial charge in [-0.1, -0.05) is 36.9 Å². The third-order valence-corrected chi connectivity index (χ3v) is 5.31. The minimum Gasteiger partial charge on any atom is -0.484 e. The normalized spacial score (nSPS) is 14.4. The number of carbonyl (C=O) groups is 2. The number of nitrogens with one attached hydrogen (secondary N) is 2. The zero-order valence-electron chi connectivity index (χ0n) is 16.0. The highest BCUT2D eigenvalue weighted by atomic mass is 35.5. The van der Waals surface area contributed by atoms with E-state index in [1.165, 1.54) is 6.42 Å². The van der Waals surface area contributed by atoms with Gasteiger partial charge in [-0.05, 0) is 61.7 Å². The van der Waals surface area contributed by atoms with E-state index in [0.29, 0.717) is 22.1 Å². The Morgan fingerprint density at radius 2 is 1.75 bits per heavy atom. The van der Waals surface area contributed by atoms with Gasteiger partial charge in [-0.2, -0.15) is 0 Å². The van der Waals surface area contributed by atoms with E-state index in [-0.39, 0.29) is 24.3 Å². The number of hydrogen-bond acceptors (Lipinski definition) is 3. The number of halogens is 1. The molecule has 1 aliphatic rings. The predicted molar refractivity (Wildman–Crippen MR) is 112 cm³/mol. The third kappa shape index (κ3) is 5.73. The first-order chi connectivity index (χ1) is 13.5. The van der Waals surface area contributed by atoms with Gasteiger partial charge in [0.1, 0.15) is 5.75 Å². The lowest BCUT2D eigenvalue weighted by molar-refractivity contribution is -0.120. The molecule has 2 N–H and O–H groups in total. The van der Waals surface area contributed by atoms with Gasteiger partial charge in [0.2, 0.25) is 5.91 Å². The van der Waals surface area contributed by atoms with Crippen LogP contribution in [0, 0.1) is 12.8 Å². The molecule has 1 saturated carbocycles. The molecule has 0 aliphatic heterocycles. The Morgan fingerprint density at radius 1 is 1.04 bits per heavy atom. The monoisotopic (exact) mass is 400 g/mol. The molecule has 0 atom stereocenters. The summed E-state index contributed by atoms with van der Waals surface area (Å²) in [4.78, 5) is 24.6. The first kappa shape index (κ1) is 20.2. The summed E-state index contributed by atoms with van der Waals surface area (Å²) in [5.41, 5.74) is 2.19. The summed E-state index contributed by atoms with van der Waals surface area (Å²) in [6, 6.07) is 12.4. The summed E-state index contributed by atoms with van der Waals surface area (Å²) in [6.07, 6.45) is 5.33. The number of rotatable bonds is 6. The van der Waals surface area contributed by atoms with Crippen molar-refractivity contribution in [2.75, 3.05) is 17.2 Å². The Labute approximate surface area is 170 Å². The van der Waals surface area contributed by atoms with Gasteiger partial charge in [-0.3, -0.25) is 9.59 Å². The minimum atomic E-state index is -0.275. The molecular formula is C22H25ClN2O3. The van der Waals surface area contributed by atoms with Crippen LogP contribution in [0.2, 0.25) is 5.02 Å². The fourth-order valence-corrected chi connectivity index (χ4v) is 3.45. The number of aryl methyl sites for hydroxylation is 1. The van der Waals surface area contributed by atoms with Crippen LogP contribution in [0.25, 0.3) is 0 Å². The van der Waals surface area contributed by atoms with Crippen molar-refractivity contribution in [2.45, 2.75) is 39.0 Å². The van der Waals surface area contributed by atoms with Crippen LogP contribution in [0.3, 0.4) is 0 Å². The van der Waals surface area contributed by atoms with Crippen molar-refractivity contribution in [3.63, 3.8) is 0 Å². The van der Waals surface area contributed by atoms with Crippen LogP contribution in [-0.2, 0) is 9.59 Å². The molecule has 2 aromatic rings. The van der Waals surface area contributed by atoms with Crippen molar-refractivity contribution >= 4 is 34.8 Å². The lowest BCUT2D eigenvalue weighted by atomic mass is 9.88. The van der Waals surface area contributed by atoms with Crippen molar-refractivity contribution < 1.29 is 14.3 Å². The summed E-state index contributed by atoms with van der Waals surface area (Å²) in [5.74, 6) is 0.460. The van der Waals surface area contributed by atoms with Gasteiger partial charge in [0.25, 0.3) is 5.91 Å². The fourth-order valence-electron chi connectivity index (χ4n) is 3.34. The standard InChI is InChI=1S/C22H25ClN2O3/c1-15-12-19(10-11-20(15)23)28-14-21(26)24-17-8-5-9-18(13-17)25-22(27)16-6-3-2-4-7-16/h5,8-13,16H,2-4,6-7,14H2,1H3,(H,24,26)(H,25,27). The molecule has 0 bridgehead atoms. The molecule has 3 rings (SSSR count). The van der Waals surface area contributed by atoms with Crippen molar-refractivity contribution in [2.24, 2.45) is 5.92 Å². The maximum absolute atomic E-state index is 12.4. The lowest BCUT2D eigenvalue weighted by Crippen LogP contribution is -2.25. The van der Waals surface area contributed by atoms with E-state index in [2.05, 4.69) is 10.6 Å². The van der Waals surface area contributed by atoms with Gasteiger partial charge in [-0.15, -0.1) is 0 Å². The van der Waals surface area contributed by atoms with Crippen molar-refractivity contribution in [1.82, 2.24) is 0 Å². The van der Waals surface area contributed by atoms with Crippen LogP contribution in [0.1, 0.15) is 37.7 Å². The molecule has 28 heavy (non-hydrogen) atoms. The van der Waals surface area contributed by atoms with Crippen molar-refractivity contribution in [3.05, 3.63) is 53.1 Å². The summed E-state index contributed by atoms with van der Waals surface area (Å²) in [5, 5.41) is 6.41. The second-order valence-corrected chi connectivity index (χ2v) is 7.56. The van der Waals surface area contributed by atoms with E-state index >= 15 is 0 Å². The molecule has 2 amide bonds. The Bertz CT molecular complexity index is 847. The molecule has 148 valence electrons. The zero-order valence-corrected chi connectivity index (χ0v) is 16.7. The van der Waals surface area contributed by atoms with E-state index in [1.54, 1.807) is 36.4 Å². The fraction of sp³-hybridized carbons (Fsp3) is 0.364. The summed E-state index contributed by atoms with van der Waals surface area (Å²) in [6.45, 7) is 1.77. The van der Waals surface area contributed by atoms with Crippen LogP contribution >= 0.6 is 11.6 Å². The van der Waals surface area contributed by atoms with Crippen LogP contribution in [0.5, 0.6) is 5.75 Å². The molecule has 5 nitrogen and oxygen atoms in total. The predicted octanol–water partition coefficient (Wildman–Crippen LogP) is 5.18. The highest BCUT2D eigenvalue weighted by Crippen LogP contribution is 2.25. The number of amides is 2.